The van der Waals surface area contributed by atoms with Crippen LogP contribution in [0.1, 0.15) is 13.8 Å². The first kappa shape index (κ1) is 16.3. The smallest absolute Gasteiger partial charge is 0.300 e. The van der Waals surface area contributed by atoms with Gasteiger partial charge in [-0.3, -0.25) is 0 Å². The van der Waals surface area contributed by atoms with Crippen LogP contribution in [-0.4, -0.2) is 41.1 Å². The zero-order valence-corrected chi connectivity index (χ0v) is 14.2. The van der Waals surface area contributed by atoms with Gasteiger partial charge in [0.25, 0.3) is 6.01 Å². The number of para-hydroxylation sites is 2. The van der Waals surface area contributed by atoms with E-state index >= 15 is 0 Å². The number of fused-ring (bicyclic) bond motifs is 1. The highest BCUT2D eigenvalue weighted by Crippen LogP contribution is 2.23. The molecule has 2 aromatic carbocycles. The fraction of sp³-hybridized carbons (Fsp3) is 0.316. The van der Waals surface area contributed by atoms with Crippen LogP contribution in [0.25, 0.3) is 11.0 Å². The summed E-state index contributed by atoms with van der Waals surface area (Å²) in [5, 5.41) is 0. The molecule has 0 bridgehead atoms. The number of rotatable bonds is 8. The van der Waals surface area contributed by atoms with E-state index in [1.807, 2.05) is 48.5 Å². The molecule has 1 N–H and O–H groups in total. The SMILES string of the molecule is CCN(CC)CCOc1ccc(Oc2nc3ccccc3[nH]2)cc1. The topological polar surface area (TPSA) is 50.4 Å². The van der Waals surface area contributed by atoms with Gasteiger partial charge in [0.2, 0.25) is 0 Å². The highest BCUT2D eigenvalue weighted by Gasteiger charge is 2.05. The van der Waals surface area contributed by atoms with Crippen molar-refractivity contribution in [3.63, 3.8) is 0 Å². The van der Waals surface area contributed by atoms with E-state index in [0.717, 1.165) is 42.2 Å². The van der Waals surface area contributed by atoms with E-state index in [1.54, 1.807) is 0 Å². The first-order valence-corrected chi connectivity index (χ1v) is 8.36. The van der Waals surface area contributed by atoms with Crippen LogP contribution in [-0.2, 0) is 0 Å². The first-order valence-electron chi connectivity index (χ1n) is 8.36. The van der Waals surface area contributed by atoms with Crippen LogP contribution in [0.15, 0.2) is 48.5 Å². The first-order chi connectivity index (χ1) is 11.8. The molecule has 0 atom stereocenters. The molecule has 1 heterocycles. The molecule has 0 aliphatic rings. The molecular formula is C19H23N3O2. The van der Waals surface area contributed by atoms with E-state index < -0.39 is 0 Å². The number of hydrogen-bond donors (Lipinski definition) is 1. The van der Waals surface area contributed by atoms with Crippen LogP contribution in [0.2, 0.25) is 0 Å². The molecule has 0 saturated carbocycles. The lowest BCUT2D eigenvalue weighted by Crippen LogP contribution is -2.27. The number of imidazole rings is 1. The van der Waals surface area contributed by atoms with Crippen LogP contribution >= 0.6 is 0 Å². The Labute approximate surface area is 142 Å². The van der Waals surface area contributed by atoms with Gasteiger partial charge in [-0.15, -0.1) is 0 Å². The Morgan fingerprint density at radius 1 is 0.958 bits per heavy atom. The second-order valence-corrected chi connectivity index (χ2v) is 5.51. The van der Waals surface area contributed by atoms with Gasteiger partial charge in [-0.05, 0) is 49.5 Å². The van der Waals surface area contributed by atoms with Gasteiger partial charge < -0.3 is 19.4 Å². The number of ether oxygens (including phenoxy) is 2. The van der Waals surface area contributed by atoms with E-state index in [4.69, 9.17) is 9.47 Å². The maximum absolute atomic E-state index is 5.77. The zero-order valence-electron chi connectivity index (χ0n) is 14.2. The van der Waals surface area contributed by atoms with E-state index in [2.05, 4.69) is 28.7 Å². The second-order valence-electron chi connectivity index (χ2n) is 5.51. The minimum atomic E-state index is 0.492. The largest absolute Gasteiger partial charge is 0.492 e. The second kappa shape index (κ2) is 7.84. The molecule has 0 spiro atoms. The molecule has 0 fully saturated rings. The van der Waals surface area contributed by atoms with Gasteiger partial charge in [0.15, 0.2) is 0 Å². The van der Waals surface area contributed by atoms with Crippen molar-refractivity contribution in [2.75, 3.05) is 26.2 Å². The fourth-order valence-corrected chi connectivity index (χ4v) is 2.53. The summed E-state index contributed by atoms with van der Waals surface area (Å²) in [7, 11) is 0. The number of benzene rings is 2. The van der Waals surface area contributed by atoms with Crippen molar-refractivity contribution < 1.29 is 9.47 Å². The third kappa shape index (κ3) is 4.06. The van der Waals surface area contributed by atoms with Gasteiger partial charge >= 0.3 is 0 Å². The van der Waals surface area contributed by atoms with Gasteiger partial charge in [-0.1, -0.05) is 26.0 Å². The van der Waals surface area contributed by atoms with Crippen LogP contribution in [0.5, 0.6) is 17.5 Å². The lowest BCUT2D eigenvalue weighted by atomic mass is 10.3. The molecular weight excluding hydrogens is 302 g/mol. The van der Waals surface area contributed by atoms with Crippen molar-refractivity contribution in [3.05, 3.63) is 48.5 Å². The van der Waals surface area contributed by atoms with Gasteiger partial charge in [0, 0.05) is 6.54 Å². The third-order valence-corrected chi connectivity index (χ3v) is 3.98. The lowest BCUT2D eigenvalue weighted by molar-refractivity contribution is 0.222. The normalized spacial score (nSPS) is 11.1. The molecule has 126 valence electrons. The Morgan fingerprint density at radius 2 is 1.67 bits per heavy atom. The summed E-state index contributed by atoms with van der Waals surface area (Å²) < 4.78 is 11.5. The monoisotopic (exact) mass is 325 g/mol. The summed E-state index contributed by atoms with van der Waals surface area (Å²) in [6, 6.07) is 16.0. The average Bonchev–Trinajstić information content (AvgIpc) is 3.02. The van der Waals surface area contributed by atoms with Crippen LogP contribution < -0.4 is 9.47 Å². The van der Waals surface area contributed by atoms with Crippen LogP contribution in [0.3, 0.4) is 0 Å². The molecule has 3 aromatic rings. The molecule has 1 aromatic heterocycles. The molecule has 0 aliphatic carbocycles. The summed E-state index contributed by atoms with van der Waals surface area (Å²) >= 11 is 0. The van der Waals surface area contributed by atoms with E-state index in [9.17, 15) is 0 Å². The Bertz CT molecular complexity index is 731. The molecule has 0 saturated heterocycles. The fourth-order valence-electron chi connectivity index (χ4n) is 2.53. The summed E-state index contributed by atoms with van der Waals surface area (Å²) in [4.78, 5) is 9.88. The summed E-state index contributed by atoms with van der Waals surface area (Å²) in [6.45, 7) is 8.03. The standard InChI is InChI=1S/C19H23N3O2/c1-3-22(4-2)13-14-23-15-9-11-16(12-10-15)24-19-20-17-7-5-6-8-18(17)21-19/h5-12H,3-4,13-14H2,1-2H3,(H,20,21). The molecule has 24 heavy (non-hydrogen) atoms. The highest BCUT2D eigenvalue weighted by atomic mass is 16.5. The summed E-state index contributed by atoms with van der Waals surface area (Å²) in [5.74, 6) is 1.57. The van der Waals surface area contributed by atoms with E-state index in [1.165, 1.54) is 0 Å². The maximum atomic E-state index is 5.77. The molecule has 3 rings (SSSR count). The maximum Gasteiger partial charge on any atom is 0.300 e. The molecule has 0 amide bonds. The average molecular weight is 325 g/mol. The number of nitrogens with zero attached hydrogens (tertiary/aromatic N) is 2. The molecule has 0 aliphatic heterocycles. The third-order valence-electron chi connectivity index (χ3n) is 3.98. The number of likely N-dealkylation sites (N-methyl/N-ethyl adjacent to an activating group) is 1. The Kier molecular flexibility index (Phi) is 5.33. The van der Waals surface area contributed by atoms with Crippen LogP contribution in [0, 0.1) is 0 Å². The molecule has 0 unspecified atom stereocenters. The predicted octanol–water partition coefficient (Wildman–Crippen LogP) is 4.08. The summed E-state index contributed by atoms with van der Waals surface area (Å²) in [5.41, 5.74) is 1.85. The Morgan fingerprint density at radius 3 is 2.38 bits per heavy atom. The number of aromatic amines is 1. The van der Waals surface area contributed by atoms with Crippen molar-refractivity contribution >= 4 is 11.0 Å². The van der Waals surface area contributed by atoms with E-state index in [-0.39, 0.29) is 0 Å². The van der Waals surface area contributed by atoms with Gasteiger partial charge in [-0.25, -0.2) is 0 Å². The minimum absolute atomic E-state index is 0.492. The molecule has 5 heteroatoms. The van der Waals surface area contributed by atoms with Crippen molar-refractivity contribution in [1.82, 2.24) is 14.9 Å². The quantitative estimate of drug-likeness (QED) is 0.678. The number of aromatic nitrogens is 2. The summed E-state index contributed by atoms with van der Waals surface area (Å²) in [6.07, 6.45) is 0. The van der Waals surface area contributed by atoms with Crippen molar-refractivity contribution in [2.24, 2.45) is 0 Å². The van der Waals surface area contributed by atoms with Gasteiger partial charge in [0.1, 0.15) is 18.1 Å². The van der Waals surface area contributed by atoms with Gasteiger partial charge in [-0.2, -0.15) is 4.98 Å². The number of hydrogen-bond acceptors (Lipinski definition) is 4. The van der Waals surface area contributed by atoms with Crippen LogP contribution in [0.4, 0.5) is 0 Å². The molecule has 5 nitrogen and oxygen atoms in total. The van der Waals surface area contributed by atoms with Crippen molar-refractivity contribution in [3.8, 4) is 17.5 Å². The molecule has 0 radical (unpaired) electrons. The lowest BCUT2D eigenvalue weighted by Gasteiger charge is -2.18. The Balaban J connectivity index is 1.56. The van der Waals surface area contributed by atoms with Crippen molar-refractivity contribution in [2.45, 2.75) is 13.8 Å². The van der Waals surface area contributed by atoms with Gasteiger partial charge in [0.05, 0.1) is 11.0 Å². The Hall–Kier alpha value is -2.53. The highest BCUT2D eigenvalue weighted by molar-refractivity contribution is 5.75. The van der Waals surface area contributed by atoms with E-state index in [0.29, 0.717) is 12.6 Å². The number of nitrogens with one attached hydrogen (secondary N) is 1. The predicted molar refractivity (Wildman–Crippen MR) is 95.9 cm³/mol. The zero-order chi connectivity index (χ0) is 16.8. The van der Waals surface area contributed by atoms with Crippen molar-refractivity contribution in [1.29, 1.82) is 0 Å². The number of H-pyrrole nitrogens is 1. The minimum Gasteiger partial charge on any atom is -0.492 e.